The van der Waals surface area contributed by atoms with E-state index in [9.17, 15) is 4.39 Å². The average Bonchev–Trinajstić information content (AvgIpc) is 2.42. The number of hydrogen-bond donors (Lipinski definition) is 2. The number of halogens is 2. The fourth-order valence-corrected chi connectivity index (χ4v) is 1.92. The van der Waals surface area contributed by atoms with Crippen LogP contribution in [0.5, 0.6) is 5.75 Å². The number of hydrogen-bond acceptors (Lipinski definition) is 4. The van der Waals surface area contributed by atoms with Gasteiger partial charge in [-0.3, -0.25) is 5.84 Å². The topological polar surface area (TPSA) is 60.2 Å². The molecule has 0 aliphatic rings. The zero-order valence-corrected chi connectivity index (χ0v) is 11.0. The summed E-state index contributed by atoms with van der Waals surface area (Å²) >= 11 is 5.73. The van der Waals surface area contributed by atoms with Gasteiger partial charge in [0.15, 0.2) is 11.6 Å². The number of pyridine rings is 1. The number of methoxy groups -OCH3 is 1. The lowest BCUT2D eigenvalue weighted by atomic mass is 10.0. The summed E-state index contributed by atoms with van der Waals surface area (Å²) in [5.74, 6) is 5.28. The van der Waals surface area contributed by atoms with E-state index in [4.69, 9.17) is 22.2 Å². The smallest absolute Gasteiger partial charge is 0.165 e. The fourth-order valence-electron chi connectivity index (χ4n) is 1.81. The minimum absolute atomic E-state index is 0.189. The van der Waals surface area contributed by atoms with Gasteiger partial charge in [-0.15, -0.1) is 0 Å². The van der Waals surface area contributed by atoms with Crippen LogP contribution >= 0.6 is 11.6 Å². The predicted octanol–water partition coefficient (Wildman–Crippen LogP) is 2.44. The van der Waals surface area contributed by atoms with Crippen LogP contribution in [0.3, 0.4) is 0 Å². The van der Waals surface area contributed by atoms with Crippen molar-refractivity contribution in [1.29, 1.82) is 0 Å². The number of nitrogens with zero attached hydrogens (tertiary/aromatic N) is 1. The fraction of sp³-hybridized carbons (Fsp3) is 0.154. The van der Waals surface area contributed by atoms with Gasteiger partial charge in [-0.1, -0.05) is 23.7 Å². The highest BCUT2D eigenvalue weighted by atomic mass is 35.5. The predicted molar refractivity (Wildman–Crippen MR) is 71.4 cm³/mol. The molecule has 0 saturated carbocycles. The van der Waals surface area contributed by atoms with Crippen molar-refractivity contribution in [2.75, 3.05) is 7.11 Å². The molecular weight excluding hydrogens is 269 g/mol. The normalized spacial score (nSPS) is 12.2. The Morgan fingerprint density at radius 3 is 2.58 bits per heavy atom. The Hall–Kier alpha value is -1.69. The van der Waals surface area contributed by atoms with Gasteiger partial charge in [-0.2, -0.15) is 0 Å². The zero-order valence-electron chi connectivity index (χ0n) is 10.2. The highest BCUT2D eigenvalue weighted by molar-refractivity contribution is 6.29. The third-order valence-corrected chi connectivity index (χ3v) is 2.98. The first-order chi connectivity index (χ1) is 9.15. The van der Waals surface area contributed by atoms with Gasteiger partial charge in [-0.25, -0.2) is 14.8 Å². The van der Waals surface area contributed by atoms with Crippen molar-refractivity contribution in [1.82, 2.24) is 10.4 Å². The summed E-state index contributed by atoms with van der Waals surface area (Å²) in [6, 6.07) is 7.73. The molecule has 19 heavy (non-hydrogen) atoms. The molecule has 1 heterocycles. The lowest BCUT2D eigenvalue weighted by Crippen LogP contribution is -2.29. The van der Waals surface area contributed by atoms with Crippen LogP contribution in [0.4, 0.5) is 4.39 Å². The zero-order chi connectivity index (χ0) is 13.8. The van der Waals surface area contributed by atoms with Crippen molar-refractivity contribution in [2.24, 2.45) is 5.84 Å². The first-order valence-corrected chi connectivity index (χ1v) is 5.94. The van der Waals surface area contributed by atoms with Gasteiger partial charge in [0, 0.05) is 6.20 Å². The van der Waals surface area contributed by atoms with Gasteiger partial charge in [0.25, 0.3) is 0 Å². The van der Waals surface area contributed by atoms with Gasteiger partial charge in [0.2, 0.25) is 0 Å². The molecule has 0 radical (unpaired) electrons. The maximum absolute atomic E-state index is 13.7. The summed E-state index contributed by atoms with van der Waals surface area (Å²) < 4.78 is 18.6. The van der Waals surface area contributed by atoms with Crippen LogP contribution in [0.2, 0.25) is 5.15 Å². The molecular formula is C13H13ClFN3O. The minimum Gasteiger partial charge on any atom is -0.494 e. The van der Waals surface area contributed by atoms with Crippen molar-refractivity contribution in [2.45, 2.75) is 6.04 Å². The van der Waals surface area contributed by atoms with Crippen molar-refractivity contribution in [3.63, 3.8) is 0 Å². The number of ether oxygens (including phenoxy) is 1. The summed E-state index contributed by atoms with van der Waals surface area (Å²) in [4.78, 5) is 3.98. The van der Waals surface area contributed by atoms with Crippen LogP contribution in [-0.4, -0.2) is 12.1 Å². The van der Waals surface area contributed by atoms with E-state index in [0.29, 0.717) is 10.7 Å². The Bertz CT molecular complexity index is 562. The SMILES string of the molecule is COc1ccc(C(NN)c2ccc(Cl)nc2)cc1F. The van der Waals surface area contributed by atoms with Crippen molar-refractivity contribution >= 4 is 11.6 Å². The van der Waals surface area contributed by atoms with Crippen LogP contribution in [0, 0.1) is 5.82 Å². The Kier molecular flexibility index (Phi) is 4.31. The highest BCUT2D eigenvalue weighted by Gasteiger charge is 2.15. The molecule has 4 nitrogen and oxygen atoms in total. The molecule has 0 fully saturated rings. The van der Waals surface area contributed by atoms with Crippen LogP contribution in [-0.2, 0) is 0 Å². The molecule has 2 aromatic rings. The summed E-state index contributed by atoms with van der Waals surface area (Å²) in [5, 5.41) is 0.389. The first-order valence-electron chi connectivity index (χ1n) is 5.56. The van der Waals surface area contributed by atoms with E-state index in [2.05, 4.69) is 10.4 Å². The molecule has 0 aliphatic heterocycles. The molecule has 1 aromatic heterocycles. The van der Waals surface area contributed by atoms with Crippen molar-refractivity contribution < 1.29 is 9.13 Å². The Labute approximate surface area is 115 Å². The maximum atomic E-state index is 13.7. The van der Waals surface area contributed by atoms with Crippen LogP contribution in [0.25, 0.3) is 0 Å². The van der Waals surface area contributed by atoms with Crippen LogP contribution < -0.4 is 16.0 Å². The Morgan fingerprint density at radius 1 is 1.32 bits per heavy atom. The molecule has 1 atom stereocenters. The molecule has 0 aliphatic carbocycles. The van der Waals surface area contributed by atoms with Gasteiger partial charge in [0.1, 0.15) is 5.15 Å². The molecule has 0 bridgehead atoms. The number of benzene rings is 1. The van der Waals surface area contributed by atoms with Crippen molar-refractivity contribution in [3.05, 3.63) is 58.6 Å². The summed E-state index contributed by atoms with van der Waals surface area (Å²) in [7, 11) is 1.42. The lowest BCUT2D eigenvalue weighted by molar-refractivity contribution is 0.385. The van der Waals surface area contributed by atoms with E-state index in [1.165, 1.54) is 13.2 Å². The van der Waals surface area contributed by atoms with Crippen LogP contribution in [0.1, 0.15) is 17.2 Å². The largest absolute Gasteiger partial charge is 0.494 e. The quantitative estimate of drug-likeness (QED) is 0.513. The molecule has 100 valence electrons. The highest BCUT2D eigenvalue weighted by Crippen LogP contribution is 2.26. The summed E-state index contributed by atoms with van der Waals surface area (Å²) in [6.45, 7) is 0. The monoisotopic (exact) mass is 281 g/mol. The minimum atomic E-state index is -0.442. The number of hydrazine groups is 1. The van der Waals surface area contributed by atoms with E-state index in [1.54, 1.807) is 30.5 Å². The molecule has 3 N–H and O–H groups in total. The summed E-state index contributed by atoms with van der Waals surface area (Å²) in [6.07, 6.45) is 1.59. The molecule has 1 aromatic carbocycles. The number of nitrogens with one attached hydrogen (secondary N) is 1. The third kappa shape index (κ3) is 3.01. The first kappa shape index (κ1) is 13.7. The lowest BCUT2D eigenvalue weighted by Gasteiger charge is -2.17. The summed E-state index contributed by atoms with van der Waals surface area (Å²) in [5.41, 5.74) is 4.09. The molecule has 0 spiro atoms. The number of aromatic nitrogens is 1. The second-order valence-corrected chi connectivity index (χ2v) is 4.30. The van der Waals surface area contributed by atoms with Gasteiger partial charge < -0.3 is 4.74 Å². The second-order valence-electron chi connectivity index (χ2n) is 3.91. The molecule has 0 saturated heterocycles. The standard InChI is InChI=1S/C13H13ClFN3O/c1-19-11-4-2-8(6-10(11)15)13(18-16)9-3-5-12(14)17-7-9/h2-7,13,18H,16H2,1H3. The van der Waals surface area contributed by atoms with Gasteiger partial charge in [-0.05, 0) is 29.3 Å². The number of nitrogens with two attached hydrogens (primary N) is 1. The van der Waals surface area contributed by atoms with E-state index >= 15 is 0 Å². The van der Waals surface area contributed by atoms with Gasteiger partial charge >= 0.3 is 0 Å². The van der Waals surface area contributed by atoms with E-state index in [0.717, 1.165) is 5.56 Å². The molecule has 2 rings (SSSR count). The van der Waals surface area contributed by atoms with E-state index in [-0.39, 0.29) is 11.8 Å². The Balaban J connectivity index is 2.36. The maximum Gasteiger partial charge on any atom is 0.165 e. The second kappa shape index (κ2) is 5.97. The molecule has 0 amide bonds. The molecule has 6 heteroatoms. The Morgan fingerprint density at radius 2 is 2.05 bits per heavy atom. The van der Waals surface area contributed by atoms with Crippen LogP contribution in [0.15, 0.2) is 36.5 Å². The third-order valence-electron chi connectivity index (χ3n) is 2.76. The molecule has 1 unspecified atom stereocenters. The average molecular weight is 282 g/mol. The van der Waals surface area contributed by atoms with Crippen molar-refractivity contribution in [3.8, 4) is 5.75 Å². The van der Waals surface area contributed by atoms with E-state index in [1.807, 2.05) is 0 Å². The van der Waals surface area contributed by atoms with E-state index < -0.39 is 5.82 Å². The number of rotatable bonds is 4. The van der Waals surface area contributed by atoms with Gasteiger partial charge in [0.05, 0.1) is 13.2 Å².